The van der Waals surface area contributed by atoms with E-state index >= 15 is 0 Å². The molecule has 4 nitrogen and oxygen atoms in total. The van der Waals surface area contributed by atoms with Gasteiger partial charge in [-0.3, -0.25) is 0 Å². The van der Waals surface area contributed by atoms with Crippen LogP contribution in [0.2, 0.25) is 5.02 Å². The van der Waals surface area contributed by atoms with Crippen molar-refractivity contribution in [3.63, 3.8) is 0 Å². The number of hydrogen-bond donors (Lipinski definition) is 1. The van der Waals surface area contributed by atoms with Crippen molar-refractivity contribution in [3.05, 3.63) is 28.5 Å². The van der Waals surface area contributed by atoms with Gasteiger partial charge < -0.3 is 5.11 Å². The predicted molar refractivity (Wildman–Crippen MR) is 79.1 cm³/mol. The van der Waals surface area contributed by atoms with Gasteiger partial charge in [0.25, 0.3) is 0 Å². The molecule has 0 amide bonds. The van der Waals surface area contributed by atoms with E-state index in [4.69, 9.17) is 11.6 Å². The van der Waals surface area contributed by atoms with E-state index in [1.165, 1.54) is 10.4 Å². The summed E-state index contributed by atoms with van der Waals surface area (Å²) >= 11 is 5.72. The van der Waals surface area contributed by atoms with Crippen LogP contribution in [0.4, 0.5) is 4.39 Å². The zero-order valence-electron chi connectivity index (χ0n) is 12.0. The van der Waals surface area contributed by atoms with E-state index in [0.717, 1.165) is 25.3 Å². The lowest BCUT2D eigenvalue weighted by atomic mass is 10.0. The van der Waals surface area contributed by atoms with Crippen LogP contribution in [-0.2, 0) is 16.6 Å². The number of rotatable bonds is 3. The van der Waals surface area contributed by atoms with Crippen molar-refractivity contribution in [3.8, 4) is 0 Å². The van der Waals surface area contributed by atoms with Crippen LogP contribution in [0.3, 0.4) is 0 Å². The van der Waals surface area contributed by atoms with Gasteiger partial charge in [-0.2, -0.15) is 4.31 Å². The Morgan fingerprint density at radius 3 is 2.43 bits per heavy atom. The van der Waals surface area contributed by atoms with E-state index in [-0.39, 0.29) is 27.6 Å². The SMILES string of the molecule is C[C@@H]1CCC[C@H](C)N1S(=O)(=O)c1cc(F)c(Cl)c(CO)c1. The molecule has 1 aliphatic heterocycles. The second kappa shape index (κ2) is 6.20. The zero-order chi connectivity index (χ0) is 15.8. The minimum absolute atomic E-state index is 0.0764. The third-order valence-corrected chi connectivity index (χ3v) is 6.47. The van der Waals surface area contributed by atoms with Gasteiger partial charge >= 0.3 is 0 Å². The highest BCUT2D eigenvalue weighted by atomic mass is 35.5. The van der Waals surface area contributed by atoms with E-state index < -0.39 is 22.4 Å². The van der Waals surface area contributed by atoms with Gasteiger partial charge in [-0.1, -0.05) is 18.0 Å². The first-order valence-corrected chi connectivity index (χ1v) is 8.73. The van der Waals surface area contributed by atoms with Crippen LogP contribution in [0.1, 0.15) is 38.7 Å². The number of halogens is 2. The summed E-state index contributed by atoms with van der Waals surface area (Å²) < 4.78 is 40.8. The molecule has 0 aliphatic carbocycles. The summed E-state index contributed by atoms with van der Waals surface area (Å²) in [5.41, 5.74) is 0.0764. The summed E-state index contributed by atoms with van der Waals surface area (Å²) in [6, 6.07) is 1.91. The molecule has 0 saturated carbocycles. The molecule has 21 heavy (non-hydrogen) atoms. The molecule has 0 aromatic heterocycles. The third-order valence-electron chi connectivity index (χ3n) is 3.94. The quantitative estimate of drug-likeness (QED) is 0.924. The van der Waals surface area contributed by atoms with Crippen molar-refractivity contribution in [1.82, 2.24) is 4.31 Å². The van der Waals surface area contributed by atoms with Crippen LogP contribution in [0, 0.1) is 5.82 Å². The molecule has 0 bridgehead atoms. The Hall–Kier alpha value is -0.690. The maximum absolute atomic E-state index is 13.8. The van der Waals surface area contributed by atoms with Crippen LogP contribution >= 0.6 is 11.6 Å². The number of piperidine rings is 1. The monoisotopic (exact) mass is 335 g/mol. The smallest absolute Gasteiger partial charge is 0.243 e. The molecule has 7 heteroatoms. The Kier molecular flexibility index (Phi) is 4.92. The largest absolute Gasteiger partial charge is 0.392 e. The molecule has 1 fully saturated rings. The van der Waals surface area contributed by atoms with Crippen molar-refractivity contribution in [1.29, 1.82) is 0 Å². The lowest BCUT2D eigenvalue weighted by Gasteiger charge is -2.37. The lowest BCUT2D eigenvalue weighted by molar-refractivity contribution is 0.204. The lowest BCUT2D eigenvalue weighted by Crippen LogP contribution is -2.47. The van der Waals surface area contributed by atoms with Gasteiger partial charge in [-0.25, -0.2) is 12.8 Å². The normalized spacial score (nSPS) is 24.2. The summed E-state index contributed by atoms with van der Waals surface area (Å²) in [5, 5.41) is 8.95. The first-order valence-electron chi connectivity index (χ1n) is 6.91. The van der Waals surface area contributed by atoms with Crippen molar-refractivity contribution in [2.24, 2.45) is 0 Å². The van der Waals surface area contributed by atoms with Crippen molar-refractivity contribution in [2.75, 3.05) is 0 Å². The number of aliphatic hydroxyl groups excluding tert-OH is 1. The fourth-order valence-corrected chi connectivity index (χ4v) is 4.99. The highest BCUT2D eigenvalue weighted by Crippen LogP contribution is 2.32. The number of nitrogens with zero attached hydrogens (tertiary/aromatic N) is 1. The van der Waals surface area contributed by atoms with Crippen molar-refractivity contribution in [2.45, 2.75) is 56.7 Å². The number of sulfonamides is 1. The Balaban J connectivity index is 2.51. The number of benzene rings is 1. The Labute approximate surface area is 129 Å². The first kappa shape index (κ1) is 16.7. The van der Waals surface area contributed by atoms with Crippen LogP contribution in [0.25, 0.3) is 0 Å². The molecule has 1 N–H and O–H groups in total. The molecular weight excluding hydrogens is 317 g/mol. The van der Waals surface area contributed by atoms with Crippen molar-refractivity contribution < 1.29 is 17.9 Å². The first-order chi connectivity index (χ1) is 9.78. The fraction of sp³-hybridized carbons (Fsp3) is 0.571. The second-order valence-corrected chi connectivity index (χ2v) is 7.72. The highest BCUT2D eigenvalue weighted by Gasteiger charge is 2.36. The second-order valence-electron chi connectivity index (χ2n) is 5.50. The molecular formula is C14H19ClFNO3S. The summed E-state index contributed by atoms with van der Waals surface area (Å²) in [6.07, 6.45) is 2.55. The topological polar surface area (TPSA) is 57.6 Å². The van der Waals surface area contributed by atoms with Crippen LogP contribution in [0.15, 0.2) is 17.0 Å². The van der Waals surface area contributed by atoms with E-state index in [1.807, 2.05) is 13.8 Å². The van der Waals surface area contributed by atoms with Gasteiger partial charge in [-0.15, -0.1) is 0 Å². The Bertz CT molecular complexity index is 625. The summed E-state index contributed by atoms with van der Waals surface area (Å²) in [7, 11) is -3.81. The molecule has 1 aromatic rings. The predicted octanol–water partition coefficient (Wildman–Crippen LogP) is 2.92. The maximum Gasteiger partial charge on any atom is 0.243 e. The van der Waals surface area contributed by atoms with Gasteiger partial charge in [0, 0.05) is 17.6 Å². The number of aliphatic hydroxyl groups is 1. The Morgan fingerprint density at radius 1 is 1.33 bits per heavy atom. The molecule has 118 valence electrons. The molecule has 1 saturated heterocycles. The average Bonchev–Trinajstić information content (AvgIpc) is 2.41. The van der Waals surface area contributed by atoms with E-state index in [9.17, 15) is 17.9 Å². The van der Waals surface area contributed by atoms with Gasteiger partial charge in [0.2, 0.25) is 10.0 Å². The Morgan fingerprint density at radius 2 is 1.90 bits per heavy atom. The molecule has 2 atom stereocenters. The standard InChI is InChI=1S/C14H19ClFNO3S/c1-9-4-3-5-10(2)17(9)21(19,20)12-6-11(8-18)14(15)13(16)7-12/h6-7,9-10,18H,3-5,8H2,1-2H3/t9-,10+. The molecule has 0 spiro atoms. The molecule has 0 unspecified atom stereocenters. The summed E-state index contributed by atoms with van der Waals surface area (Å²) in [6.45, 7) is 3.20. The molecule has 1 heterocycles. The molecule has 0 radical (unpaired) electrons. The maximum atomic E-state index is 13.8. The fourth-order valence-electron chi connectivity index (χ4n) is 2.88. The number of hydrogen-bond acceptors (Lipinski definition) is 3. The van der Waals surface area contributed by atoms with E-state index in [2.05, 4.69) is 0 Å². The summed E-state index contributed by atoms with van der Waals surface area (Å²) in [4.78, 5) is -0.158. The van der Waals surface area contributed by atoms with Crippen molar-refractivity contribution >= 4 is 21.6 Å². The van der Waals surface area contributed by atoms with Gasteiger partial charge in [0.05, 0.1) is 16.5 Å². The third kappa shape index (κ3) is 3.08. The molecule has 1 aromatic carbocycles. The molecule has 2 rings (SSSR count). The van der Waals surface area contributed by atoms with Crippen LogP contribution in [-0.4, -0.2) is 29.9 Å². The summed E-state index contributed by atoms with van der Waals surface area (Å²) in [5.74, 6) is -0.834. The zero-order valence-corrected chi connectivity index (χ0v) is 13.6. The van der Waals surface area contributed by atoms with Gasteiger partial charge in [0.15, 0.2) is 0 Å². The van der Waals surface area contributed by atoms with Gasteiger partial charge in [-0.05, 0) is 38.8 Å². The minimum atomic E-state index is -3.81. The van der Waals surface area contributed by atoms with Crippen LogP contribution < -0.4 is 0 Å². The van der Waals surface area contributed by atoms with E-state index in [1.54, 1.807) is 0 Å². The minimum Gasteiger partial charge on any atom is -0.392 e. The average molecular weight is 336 g/mol. The highest BCUT2D eigenvalue weighted by molar-refractivity contribution is 7.89. The van der Waals surface area contributed by atoms with Gasteiger partial charge in [0.1, 0.15) is 5.82 Å². The van der Waals surface area contributed by atoms with E-state index in [0.29, 0.717) is 0 Å². The van der Waals surface area contributed by atoms with Crippen LogP contribution in [0.5, 0.6) is 0 Å². The molecule has 1 aliphatic rings.